The lowest BCUT2D eigenvalue weighted by molar-refractivity contribution is -0.691. The number of amides is 1. The maximum Gasteiger partial charge on any atom is 0.228 e. The molecule has 0 aromatic heterocycles. The number of likely N-dealkylation sites (tertiary alicyclic amines) is 1. The Labute approximate surface area is 157 Å². The molecule has 0 aliphatic carbocycles. The first-order chi connectivity index (χ1) is 12.7. The van der Waals surface area contributed by atoms with Crippen LogP contribution in [0.3, 0.4) is 0 Å². The van der Waals surface area contributed by atoms with Crippen molar-refractivity contribution in [2.24, 2.45) is 5.92 Å². The molecule has 26 heavy (non-hydrogen) atoms. The molecule has 138 valence electrons. The number of benzene rings is 2. The molecule has 1 aliphatic rings. The summed E-state index contributed by atoms with van der Waals surface area (Å²) < 4.78 is 0. The quantitative estimate of drug-likeness (QED) is 0.817. The van der Waals surface area contributed by atoms with Crippen molar-refractivity contribution in [1.29, 1.82) is 0 Å². The van der Waals surface area contributed by atoms with Crippen molar-refractivity contribution >= 4 is 5.91 Å². The van der Waals surface area contributed by atoms with Gasteiger partial charge in [-0.1, -0.05) is 60.7 Å². The second-order valence-electron chi connectivity index (χ2n) is 7.49. The highest BCUT2D eigenvalue weighted by Gasteiger charge is 2.23. The molecule has 0 radical (unpaired) electrons. The number of piperidine rings is 1. The molecule has 0 saturated carbocycles. The molecule has 1 aliphatic heterocycles. The van der Waals surface area contributed by atoms with E-state index < -0.39 is 0 Å². The molecule has 1 atom stereocenters. The highest BCUT2D eigenvalue weighted by Crippen LogP contribution is 2.22. The van der Waals surface area contributed by atoms with Crippen molar-refractivity contribution in [3.63, 3.8) is 0 Å². The van der Waals surface area contributed by atoms with Crippen molar-refractivity contribution in [3.8, 4) is 0 Å². The van der Waals surface area contributed by atoms with E-state index in [0.29, 0.717) is 24.3 Å². The minimum absolute atomic E-state index is 0.319. The third-order valence-corrected chi connectivity index (χ3v) is 5.54. The van der Waals surface area contributed by atoms with Gasteiger partial charge in [-0.3, -0.25) is 4.79 Å². The number of carbonyl (C=O) groups excluding carboxylic acids is 1. The molecule has 3 rings (SSSR count). The molecule has 0 spiro atoms. The summed E-state index contributed by atoms with van der Waals surface area (Å²) in [5.74, 6) is 1.03. The van der Waals surface area contributed by atoms with Crippen LogP contribution in [-0.2, 0) is 11.2 Å². The molecule has 3 nitrogen and oxygen atoms in total. The Morgan fingerprint density at radius 2 is 1.65 bits per heavy atom. The van der Waals surface area contributed by atoms with Crippen LogP contribution in [0, 0.1) is 5.92 Å². The Balaban J connectivity index is 1.36. The molecule has 1 heterocycles. The number of nitrogens with two attached hydrogens (primary N) is 1. The molecule has 1 saturated heterocycles. The van der Waals surface area contributed by atoms with E-state index in [9.17, 15) is 4.79 Å². The molecule has 0 unspecified atom stereocenters. The van der Waals surface area contributed by atoms with Crippen LogP contribution in [0.15, 0.2) is 60.7 Å². The fourth-order valence-corrected chi connectivity index (χ4v) is 3.84. The number of hydrogen-bond acceptors (Lipinski definition) is 1. The molecule has 3 heteroatoms. The third kappa shape index (κ3) is 5.43. The lowest BCUT2D eigenvalue weighted by Crippen LogP contribution is -2.85. The molecule has 1 amide bonds. The predicted molar refractivity (Wildman–Crippen MR) is 106 cm³/mol. The van der Waals surface area contributed by atoms with Gasteiger partial charge in [0.2, 0.25) is 5.91 Å². The lowest BCUT2D eigenvalue weighted by Gasteiger charge is -2.32. The van der Waals surface area contributed by atoms with Crippen molar-refractivity contribution < 1.29 is 10.1 Å². The van der Waals surface area contributed by atoms with E-state index in [1.54, 1.807) is 0 Å². The normalized spacial score (nSPS) is 16.4. The molecule has 1 fully saturated rings. The highest BCUT2D eigenvalue weighted by atomic mass is 16.2. The van der Waals surface area contributed by atoms with Crippen molar-refractivity contribution in [1.82, 2.24) is 4.90 Å². The van der Waals surface area contributed by atoms with Gasteiger partial charge in [-0.25, -0.2) is 0 Å². The second kappa shape index (κ2) is 9.54. The van der Waals surface area contributed by atoms with Gasteiger partial charge >= 0.3 is 0 Å². The smallest absolute Gasteiger partial charge is 0.228 e. The molecule has 0 bridgehead atoms. The monoisotopic (exact) mass is 351 g/mol. The Bertz CT molecular complexity index is 663. The maximum absolute atomic E-state index is 12.5. The zero-order chi connectivity index (χ0) is 18.2. The minimum Gasteiger partial charge on any atom is -0.342 e. The summed E-state index contributed by atoms with van der Waals surface area (Å²) in [6.07, 6.45) is 4.04. The van der Waals surface area contributed by atoms with Crippen LogP contribution in [0.1, 0.15) is 43.4 Å². The van der Waals surface area contributed by atoms with Crippen LogP contribution in [-0.4, -0.2) is 30.4 Å². The van der Waals surface area contributed by atoms with Gasteiger partial charge in [0.1, 0.15) is 6.04 Å². The zero-order valence-corrected chi connectivity index (χ0v) is 15.8. The highest BCUT2D eigenvalue weighted by molar-refractivity contribution is 5.76. The Morgan fingerprint density at radius 1 is 1.04 bits per heavy atom. The number of carbonyl (C=O) groups is 1. The minimum atomic E-state index is 0.319. The van der Waals surface area contributed by atoms with Crippen molar-refractivity contribution in [2.45, 2.75) is 38.6 Å². The van der Waals surface area contributed by atoms with Crippen LogP contribution in [0.5, 0.6) is 0 Å². The van der Waals surface area contributed by atoms with Crippen LogP contribution in [0.4, 0.5) is 0 Å². The Hall–Kier alpha value is -2.13. The molecular weight excluding hydrogens is 320 g/mol. The van der Waals surface area contributed by atoms with E-state index in [0.717, 1.165) is 38.9 Å². The summed E-state index contributed by atoms with van der Waals surface area (Å²) in [7, 11) is 0. The summed E-state index contributed by atoms with van der Waals surface area (Å²) >= 11 is 0. The number of nitrogens with zero attached hydrogens (tertiary/aromatic N) is 1. The topological polar surface area (TPSA) is 36.9 Å². The van der Waals surface area contributed by atoms with Gasteiger partial charge in [0.15, 0.2) is 0 Å². The van der Waals surface area contributed by atoms with Gasteiger partial charge in [0, 0.05) is 18.7 Å². The molecule has 2 aromatic rings. The Kier molecular flexibility index (Phi) is 6.84. The van der Waals surface area contributed by atoms with E-state index in [4.69, 9.17) is 0 Å². The lowest BCUT2D eigenvalue weighted by atomic mass is 9.90. The van der Waals surface area contributed by atoms with E-state index in [1.165, 1.54) is 11.1 Å². The first-order valence-electron chi connectivity index (χ1n) is 9.92. The molecule has 2 N–H and O–H groups in total. The van der Waals surface area contributed by atoms with Gasteiger partial charge in [0.05, 0.1) is 13.0 Å². The zero-order valence-electron chi connectivity index (χ0n) is 15.8. The number of hydrogen-bond donors (Lipinski definition) is 1. The maximum atomic E-state index is 12.5. The van der Waals surface area contributed by atoms with Gasteiger partial charge < -0.3 is 10.2 Å². The van der Waals surface area contributed by atoms with Crippen LogP contribution < -0.4 is 5.32 Å². The van der Waals surface area contributed by atoms with Crippen LogP contribution >= 0.6 is 0 Å². The Morgan fingerprint density at radius 3 is 2.31 bits per heavy atom. The fraction of sp³-hybridized carbons (Fsp3) is 0.435. The summed E-state index contributed by atoms with van der Waals surface area (Å²) in [5, 5.41) is 2.27. The van der Waals surface area contributed by atoms with Gasteiger partial charge in [0.25, 0.3) is 0 Å². The first kappa shape index (κ1) is 18.7. The SMILES string of the molecule is C[C@@H]([NH2+]CCC(=O)N1CCC(Cc2ccccc2)CC1)c1ccccc1. The first-order valence-corrected chi connectivity index (χ1v) is 9.92. The van der Waals surface area contributed by atoms with Crippen LogP contribution in [0.25, 0.3) is 0 Å². The van der Waals surface area contributed by atoms with E-state index >= 15 is 0 Å². The summed E-state index contributed by atoms with van der Waals surface area (Å²) in [6.45, 7) is 4.91. The van der Waals surface area contributed by atoms with Gasteiger partial charge in [-0.2, -0.15) is 0 Å². The largest absolute Gasteiger partial charge is 0.342 e. The summed E-state index contributed by atoms with van der Waals surface area (Å²) in [5.41, 5.74) is 2.74. The van der Waals surface area contributed by atoms with Gasteiger partial charge in [-0.05, 0) is 37.7 Å². The van der Waals surface area contributed by atoms with Crippen molar-refractivity contribution in [2.75, 3.05) is 19.6 Å². The third-order valence-electron chi connectivity index (χ3n) is 5.54. The fourth-order valence-electron chi connectivity index (χ4n) is 3.84. The van der Waals surface area contributed by atoms with E-state index in [2.05, 4.69) is 71.7 Å². The number of quaternary nitrogens is 1. The van der Waals surface area contributed by atoms with Gasteiger partial charge in [-0.15, -0.1) is 0 Å². The molecule has 2 aromatic carbocycles. The number of rotatable bonds is 7. The van der Waals surface area contributed by atoms with Crippen molar-refractivity contribution in [3.05, 3.63) is 71.8 Å². The van der Waals surface area contributed by atoms with Crippen LogP contribution in [0.2, 0.25) is 0 Å². The van der Waals surface area contributed by atoms with E-state index in [1.807, 2.05) is 6.07 Å². The average molecular weight is 352 g/mol. The molecular formula is C23H31N2O+. The summed E-state index contributed by atoms with van der Waals surface area (Å²) in [4.78, 5) is 14.6. The summed E-state index contributed by atoms with van der Waals surface area (Å²) in [6, 6.07) is 21.6. The average Bonchev–Trinajstić information content (AvgIpc) is 2.70. The van der Waals surface area contributed by atoms with E-state index in [-0.39, 0.29) is 0 Å². The predicted octanol–water partition coefficient (Wildman–Crippen LogP) is 3.18. The standard InChI is InChI=1S/C23H30N2O/c1-19(22-10-6-3-7-11-22)24-15-12-23(26)25-16-13-21(14-17-25)18-20-8-4-2-5-9-20/h2-11,19,21,24H,12-18H2,1H3/p+1/t19-/m1/s1. The second-order valence-corrected chi connectivity index (χ2v) is 7.49.